The minimum Gasteiger partial charge on any atom is -0.497 e. The number of nitrogens with zero attached hydrogens (tertiary/aromatic N) is 1. The van der Waals surface area contributed by atoms with E-state index in [4.69, 9.17) is 18.9 Å². The van der Waals surface area contributed by atoms with Gasteiger partial charge >= 0.3 is 0 Å². The second-order valence-electron chi connectivity index (χ2n) is 12.3. The fourth-order valence-electron chi connectivity index (χ4n) is 6.01. The standard InChI is InChI=1S/C33H43NO5/c1-32(2)21-27(25-14-12-23(36-5)19-29(25)38-32)28-22-33(3,4)39-30-20-24(13-15-26(28)30)37-18-10-7-11-31(35)34-16-8-6-9-17-34/h12-15,19-20H,6-11,16-18,21-22H2,1-5H3/b28-27+. The summed E-state index contributed by atoms with van der Waals surface area (Å²) in [6.07, 6.45) is 7.44. The summed E-state index contributed by atoms with van der Waals surface area (Å²) in [6.45, 7) is 11.0. The summed E-state index contributed by atoms with van der Waals surface area (Å²) in [5, 5.41) is 0. The number of hydrogen-bond donors (Lipinski definition) is 0. The molecule has 5 rings (SSSR count). The van der Waals surface area contributed by atoms with Crippen molar-refractivity contribution < 1.29 is 23.7 Å². The number of carbonyl (C=O) groups excluding carboxylic acids is 1. The molecular formula is C33H43NO5. The quantitative estimate of drug-likeness (QED) is 0.350. The number of carbonyl (C=O) groups is 1. The van der Waals surface area contributed by atoms with Gasteiger partial charge < -0.3 is 23.8 Å². The van der Waals surface area contributed by atoms with Gasteiger partial charge in [-0.15, -0.1) is 0 Å². The third kappa shape index (κ3) is 6.37. The van der Waals surface area contributed by atoms with Gasteiger partial charge in [-0.2, -0.15) is 0 Å². The number of likely N-dealkylation sites (tertiary alicyclic amines) is 1. The van der Waals surface area contributed by atoms with Crippen molar-refractivity contribution in [1.82, 2.24) is 4.90 Å². The molecule has 2 aromatic rings. The second kappa shape index (κ2) is 11.1. The first-order valence-electron chi connectivity index (χ1n) is 14.5. The Morgan fingerprint density at radius 3 is 1.97 bits per heavy atom. The van der Waals surface area contributed by atoms with E-state index < -0.39 is 0 Å². The van der Waals surface area contributed by atoms with Gasteiger partial charge in [0.2, 0.25) is 5.91 Å². The molecule has 39 heavy (non-hydrogen) atoms. The van der Waals surface area contributed by atoms with Gasteiger partial charge in [0.15, 0.2) is 0 Å². The minimum absolute atomic E-state index is 0.288. The molecule has 6 heteroatoms. The highest BCUT2D eigenvalue weighted by Crippen LogP contribution is 2.50. The van der Waals surface area contributed by atoms with Gasteiger partial charge in [0, 0.05) is 55.6 Å². The van der Waals surface area contributed by atoms with E-state index in [0.717, 1.165) is 85.7 Å². The predicted molar refractivity (Wildman–Crippen MR) is 155 cm³/mol. The van der Waals surface area contributed by atoms with Gasteiger partial charge in [0.25, 0.3) is 0 Å². The van der Waals surface area contributed by atoms with Crippen molar-refractivity contribution in [3.05, 3.63) is 47.5 Å². The number of unbranched alkanes of at least 4 members (excludes halogenated alkanes) is 1. The lowest BCUT2D eigenvalue weighted by Gasteiger charge is -2.39. The zero-order chi connectivity index (χ0) is 27.6. The van der Waals surface area contributed by atoms with Crippen molar-refractivity contribution in [2.24, 2.45) is 0 Å². The van der Waals surface area contributed by atoms with Crippen LogP contribution in [-0.2, 0) is 4.79 Å². The average Bonchev–Trinajstić information content (AvgIpc) is 2.90. The smallest absolute Gasteiger partial charge is 0.222 e. The lowest BCUT2D eigenvalue weighted by molar-refractivity contribution is -0.132. The molecule has 0 N–H and O–H groups in total. The molecule has 3 aliphatic rings. The first kappa shape index (κ1) is 27.4. The second-order valence-corrected chi connectivity index (χ2v) is 12.3. The number of benzene rings is 2. The van der Waals surface area contributed by atoms with Crippen molar-refractivity contribution in [1.29, 1.82) is 0 Å². The molecule has 0 atom stereocenters. The highest BCUT2D eigenvalue weighted by atomic mass is 16.5. The van der Waals surface area contributed by atoms with Crippen LogP contribution in [0, 0.1) is 0 Å². The summed E-state index contributed by atoms with van der Waals surface area (Å²) in [7, 11) is 1.68. The molecule has 0 radical (unpaired) electrons. The maximum atomic E-state index is 12.4. The lowest BCUT2D eigenvalue weighted by atomic mass is 9.79. The van der Waals surface area contributed by atoms with Gasteiger partial charge in [-0.1, -0.05) is 0 Å². The third-order valence-corrected chi connectivity index (χ3v) is 7.90. The zero-order valence-electron chi connectivity index (χ0n) is 24.2. The third-order valence-electron chi connectivity index (χ3n) is 7.90. The summed E-state index contributed by atoms with van der Waals surface area (Å²) < 4.78 is 24.4. The fraction of sp³-hybridized carbons (Fsp3) is 0.545. The molecule has 210 valence electrons. The number of rotatable bonds is 7. The van der Waals surface area contributed by atoms with E-state index in [-0.39, 0.29) is 17.1 Å². The van der Waals surface area contributed by atoms with Crippen molar-refractivity contribution in [3.8, 4) is 23.0 Å². The molecule has 3 aliphatic heterocycles. The monoisotopic (exact) mass is 533 g/mol. The van der Waals surface area contributed by atoms with Crippen LogP contribution in [0.4, 0.5) is 0 Å². The Labute approximate surface area is 233 Å². The van der Waals surface area contributed by atoms with E-state index in [1.54, 1.807) is 7.11 Å². The van der Waals surface area contributed by atoms with Crippen LogP contribution in [0.15, 0.2) is 36.4 Å². The summed E-state index contributed by atoms with van der Waals surface area (Å²) in [5.74, 6) is 3.59. The number of ether oxygens (including phenoxy) is 4. The molecule has 0 spiro atoms. The molecule has 2 aromatic carbocycles. The van der Waals surface area contributed by atoms with Gasteiger partial charge in [0.1, 0.15) is 34.2 Å². The molecule has 0 unspecified atom stereocenters. The number of piperidine rings is 1. The summed E-state index contributed by atoms with van der Waals surface area (Å²) in [4.78, 5) is 14.4. The SMILES string of the molecule is COc1ccc2c(c1)OC(C)(C)C/C2=C1/CC(C)(C)Oc2cc(OCCCCC(=O)N3CCCCC3)ccc21. The molecule has 1 saturated heterocycles. The van der Waals surface area contributed by atoms with Gasteiger partial charge in [0.05, 0.1) is 13.7 Å². The van der Waals surface area contributed by atoms with Crippen LogP contribution in [0.3, 0.4) is 0 Å². The summed E-state index contributed by atoms with van der Waals surface area (Å²) >= 11 is 0. The molecule has 1 amide bonds. The van der Waals surface area contributed by atoms with E-state index in [0.29, 0.717) is 13.0 Å². The van der Waals surface area contributed by atoms with Gasteiger partial charge in [-0.25, -0.2) is 0 Å². The first-order valence-corrected chi connectivity index (χ1v) is 14.5. The topological polar surface area (TPSA) is 57.2 Å². The van der Waals surface area contributed by atoms with Crippen LogP contribution in [-0.4, -0.2) is 48.8 Å². The van der Waals surface area contributed by atoms with E-state index in [1.165, 1.54) is 17.6 Å². The molecule has 0 aromatic heterocycles. The van der Waals surface area contributed by atoms with E-state index in [2.05, 4.69) is 39.8 Å². The molecule has 1 fully saturated rings. The van der Waals surface area contributed by atoms with Crippen LogP contribution in [0.5, 0.6) is 23.0 Å². The summed E-state index contributed by atoms with van der Waals surface area (Å²) in [6, 6.07) is 12.3. The Balaban J connectivity index is 1.32. The maximum absolute atomic E-state index is 12.4. The van der Waals surface area contributed by atoms with Crippen LogP contribution in [0.2, 0.25) is 0 Å². The Hall–Kier alpha value is -3.15. The van der Waals surface area contributed by atoms with Crippen LogP contribution < -0.4 is 18.9 Å². The van der Waals surface area contributed by atoms with Crippen molar-refractivity contribution in [2.75, 3.05) is 26.8 Å². The van der Waals surface area contributed by atoms with Crippen molar-refractivity contribution in [2.45, 2.75) is 90.3 Å². The fourth-order valence-corrected chi connectivity index (χ4v) is 6.01. The molecule has 0 saturated carbocycles. The maximum Gasteiger partial charge on any atom is 0.222 e. The van der Waals surface area contributed by atoms with Crippen LogP contribution in [0.25, 0.3) is 11.1 Å². The van der Waals surface area contributed by atoms with E-state index >= 15 is 0 Å². The molecule has 3 heterocycles. The minimum atomic E-state index is -0.349. The average molecular weight is 534 g/mol. The number of fused-ring (bicyclic) bond motifs is 2. The Morgan fingerprint density at radius 2 is 1.38 bits per heavy atom. The zero-order valence-corrected chi connectivity index (χ0v) is 24.2. The van der Waals surface area contributed by atoms with E-state index in [9.17, 15) is 4.79 Å². The predicted octanol–water partition coefficient (Wildman–Crippen LogP) is 7.29. The van der Waals surface area contributed by atoms with Crippen molar-refractivity contribution >= 4 is 17.1 Å². The van der Waals surface area contributed by atoms with Gasteiger partial charge in [-0.3, -0.25) is 4.79 Å². The molecular weight excluding hydrogens is 490 g/mol. The normalized spacial score (nSPS) is 21.2. The molecule has 6 nitrogen and oxygen atoms in total. The Kier molecular flexibility index (Phi) is 7.84. The largest absolute Gasteiger partial charge is 0.497 e. The Bertz CT molecular complexity index is 1240. The molecule has 0 aliphatic carbocycles. The van der Waals surface area contributed by atoms with Crippen LogP contribution in [0.1, 0.15) is 90.2 Å². The van der Waals surface area contributed by atoms with Crippen LogP contribution >= 0.6 is 0 Å². The first-order chi connectivity index (χ1) is 18.6. The molecule has 0 bridgehead atoms. The van der Waals surface area contributed by atoms with Gasteiger partial charge in [-0.05, 0) is 95.2 Å². The van der Waals surface area contributed by atoms with Crippen molar-refractivity contribution in [3.63, 3.8) is 0 Å². The number of amides is 1. The number of hydrogen-bond acceptors (Lipinski definition) is 5. The van der Waals surface area contributed by atoms with E-state index in [1.807, 2.05) is 29.2 Å². The highest BCUT2D eigenvalue weighted by molar-refractivity contribution is 5.96. The lowest BCUT2D eigenvalue weighted by Crippen LogP contribution is -2.35. The summed E-state index contributed by atoms with van der Waals surface area (Å²) in [5.41, 5.74) is 4.15. The number of methoxy groups -OCH3 is 1. The Morgan fingerprint density at radius 1 is 0.821 bits per heavy atom. The highest BCUT2D eigenvalue weighted by Gasteiger charge is 2.37.